The van der Waals surface area contributed by atoms with Crippen LogP contribution in [-0.4, -0.2) is 57.4 Å². The Balaban J connectivity index is 1.41. The van der Waals surface area contributed by atoms with E-state index in [9.17, 15) is 9.59 Å². The third-order valence-electron chi connectivity index (χ3n) is 5.33. The Bertz CT molecular complexity index is 1120. The van der Waals surface area contributed by atoms with Crippen LogP contribution in [0.1, 0.15) is 41.8 Å². The number of nitrogens with one attached hydrogen (secondary N) is 3. The highest BCUT2D eigenvalue weighted by Crippen LogP contribution is 2.34. The highest BCUT2D eigenvalue weighted by atomic mass is 32.2. The third-order valence-corrected chi connectivity index (χ3v) is 6.46. The molecule has 3 aromatic rings. The lowest BCUT2D eigenvalue weighted by atomic mass is 10.1. The molecule has 0 radical (unpaired) electrons. The first kappa shape index (κ1) is 22.8. The first-order valence-corrected chi connectivity index (χ1v) is 11.9. The van der Waals surface area contributed by atoms with Crippen molar-refractivity contribution in [3.8, 4) is 0 Å². The van der Waals surface area contributed by atoms with E-state index < -0.39 is 11.9 Å². The number of carbonyl (C=O) groups excluding carboxylic acids is 2. The Morgan fingerprint density at radius 2 is 2.12 bits per heavy atom. The van der Waals surface area contributed by atoms with Gasteiger partial charge in [-0.15, -0.1) is 16.9 Å². The molecule has 1 atom stereocenters. The van der Waals surface area contributed by atoms with E-state index in [1.54, 1.807) is 18.1 Å². The van der Waals surface area contributed by atoms with Gasteiger partial charge in [-0.05, 0) is 12.0 Å². The fourth-order valence-electron chi connectivity index (χ4n) is 3.48. The molecule has 0 unspecified atom stereocenters. The Kier molecular flexibility index (Phi) is 7.23. The van der Waals surface area contributed by atoms with Crippen LogP contribution in [0.25, 0.3) is 0 Å². The Morgan fingerprint density at radius 1 is 1.30 bits per heavy atom. The van der Waals surface area contributed by atoms with Crippen molar-refractivity contribution in [3.05, 3.63) is 59.8 Å². The Hall–Kier alpha value is -3.40. The van der Waals surface area contributed by atoms with Crippen molar-refractivity contribution < 1.29 is 9.59 Å². The monoisotopic (exact) mass is 465 g/mol. The number of amides is 2. The fourth-order valence-corrected chi connectivity index (χ4v) is 4.53. The van der Waals surface area contributed by atoms with Crippen molar-refractivity contribution in [1.82, 2.24) is 25.5 Å². The van der Waals surface area contributed by atoms with Crippen LogP contribution in [0.5, 0.6) is 0 Å². The number of carbonyl (C=O) groups is 2. The van der Waals surface area contributed by atoms with Crippen LogP contribution in [0.3, 0.4) is 0 Å². The van der Waals surface area contributed by atoms with Gasteiger partial charge >= 0.3 is 0 Å². The molecule has 0 saturated carbocycles. The largest absolute Gasteiger partial charge is 0.370 e. The van der Waals surface area contributed by atoms with Crippen LogP contribution >= 0.6 is 11.8 Å². The highest BCUT2D eigenvalue weighted by Gasteiger charge is 2.31. The zero-order chi connectivity index (χ0) is 23.2. The molecule has 10 heteroatoms. The number of pyridine rings is 1. The van der Waals surface area contributed by atoms with Gasteiger partial charge in [-0.3, -0.25) is 14.7 Å². The maximum atomic E-state index is 13.1. The van der Waals surface area contributed by atoms with E-state index in [2.05, 4.69) is 37.7 Å². The smallest absolute Gasteiger partial charge is 0.291 e. The van der Waals surface area contributed by atoms with Gasteiger partial charge in [0.25, 0.3) is 5.91 Å². The molecule has 3 heterocycles. The summed E-state index contributed by atoms with van der Waals surface area (Å²) >= 11 is 1.49. The number of fused-ring (bicyclic) bond motifs is 1. The number of thioether (sulfide) groups is 1. The first-order valence-electron chi connectivity index (χ1n) is 11.0. The summed E-state index contributed by atoms with van der Waals surface area (Å²) in [5.74, 6) is 1.06. The highest BCUT2D eigenvalue weighted by molar-refractivity contribution is 7.99. The standard InChI is InChI=1S/C23H27N7O2S/c1-3-4-10-24-19-12-17-18(13-25-19)33-14-16(23(32)30(17)2)26-22(31)21-27-20(28-29-21)11-15-8-6-5-7-9-15/h5-9,12-13,16H,3-4,10-11,14H2,1-2H3,(H,24,25)(H,26,31)(H,27,28,29)/t16-/m0/s1. The lowest BCUT2D eigenvalue weighted by molar-refractivity contribution is -0.119. The molecule has 172 valence electrons. The van der Waals surface area contributed by atoms with Crippen molar-refractivity contribution in [3.63, 3.8) is 0 Å². The summed E-state index contributed by atoms with van der Waals surface area (Å²) in [6.07, 6.45) is 4.45. The normalized spacial score (nSPS) is 15.6. The summed E-state index contributed by atoms with van der Waals surface area (Å²) in [5, 5.41) is 12.9. The van der Waals surface area contributed by atoms with Crippen molar-refractivity contribution in [2.45, 2.75) is 37.1 Å². The summed E-state index contributed by atoms with van der Waals surface area (Å²) < 4.78 is 0. The lowest BCUT2D eigenvalue weighted by Crippen LogP contribution is -2.48. The van der Waals surface area contributed by atoms with E-state index in [1.165, 1.54) is 11.8 Å². The molecular formula is C23H27N7O2S. The van der Waals surface area contributed by atoms with Crippen LogP contribution in [0.2, 0.25) is 0 Å². The fraction of sp³-hybridized carbons (Fsp3) is 0.348. The van der Waals surface area contributed by atoms with Gasteiger partial charge in [0.2, 0.25) is 11.7 Å². The maximum absolute atomic E-state index is 13.1. The topological polar surface area (TPSA) is 116 Å². The second kappa shape index (κ2) is 10.5. The number of hydrogen-bond acceptors (Lipinski definition) is 7. The van der Waals surface area contributed by atoms with Gasteiger partial charge < -0.3 is 15.5 Å². The molecule has 0 aliphatic carbocycles. The molecule has 2 aromatic heterocycles. The van der Waals surface area contributed by atoms with Crippen LogP contribution in [0.4, 0.5) is 11.5 Å². The van der Waals surface area contributed by atoms with Crippen molar-refractivity contribution in [2.24, 2.45) is 0 Å². The second-order valence-electron chi connectivity index (χ2n) is 7.82. The summed E-state index contributed by atoms with van der Waals surface area (Å²) in [4.78, 5) is 37.1. The molecule has 9 nitrogen and oxygen atoms in total. The van der Waals surface area contributed by atoms with E-state index >= 15 is 0 Å². The van der Waals surface area contributed by atoms with Gasteiger partial charge in [0.05, 0.1) is 5.69 Å². The molecule has 33 heavy (non-hydrogen) atoms. The predicted molar refractivity (Wildman–Crippen MR) is 129 cm³/mol. The number of hydrogen-bond donors (Lipinski definition) is 3. The minimum absolute atomic E-state index is 0.0206. The number of unbranched alkanes of at least 4 members (excludes halogenated alkanes) is 1. The van der Waals surface area contributed by atoms with Gasteiger partial charge in [-0.1, -0.05) is 43.7 Å². The van der Waals surface area contributed by atoms with Gasteiger partial charge in [0, 0.05) is 42.9 Å². The predicted octanol–water partition coefficient (Wildman–Crippen LogP) is 2.87. The van der Waals surface area contributed by atoms with Gasteiger partial charge in [0.15, 0.2) is 0 Å². The van der Waals surface area contributed by atoms with E-state index in [0.717, 1.165) is 41.4 Å². The number of benzene rings is 1. The number of likely N-dealkylation sites (N-methyl/N-ethyl adjacent to an activating group) is 1. The van der Waals surface area contributed by atoms with Crippen LogP contribution in [-0.2, 0) is 11.2 Å². The minimum Gasteiger partial charge on any atom is -0.370 e. The number of rotatable bonds is 8. The summed E-state index contributed by atoms with van der Waals surface area (Å²) in [6.45, 7) is 2.96. The van der Waals surface area contributed by atoms with Crippen molar-refractivity contribution >= 4 is 35.1 Å². The SMILES string of the molecule is CCCCNc1cc2c(cn1)SC[C@H](NC(=O)c1n[nH]c(Cc3ccccc3)n1)C(=O)N2C. The van der Waals surface area contributed by atoms with E-state index in [4.69, 9.17) is 0 Å². The molecule has 0 bridgehead atoms. The number of H-pyrrole nitrogens is 1. The quantitative estimate of drug-likeness (QED) is 0.438. The molecule has 1 aliphatic heterocycles. The summed E-state index contributed by atoms with van der Waals surface area (Å²) in [5.41, 5.74) is 1.84. The molecule has 4 rings (SSSR count). The lowest BCUT2D eigenvalue weighted by Gasteiger charge is -2.21. The summed E-state index contributed by atoms with van der Waals surface area (Å²) in [7, 11) is 1.72. The van der Waals surface area contributed by atoms with Gasteiger partial charge in [-0.2, -0.15) is 0 Å². The average Bonchev–Trinajstić information content (AvgIpc) is 3.26. The molecule has 1 aliphatic rings. The maximum Gasteiger partial charge on any atom is 0.291 e. The molecule has 3 N–H and O–H groups in total. The van der Waals surface area contributed by atoms with Crippen LogP contribution in [0.15, 0.2) is 47.5 Å². The Morgan fingerprint density at radius 3 is 2.91 bits per heavy atom. The van der Waals surface area contributed by atoms with E-state index in [-0.39, 0.29) is 11.7 Å². The van der Waals surface area contributed by atoms with E-state index in [0.29, 0.717) is 18.0 Å². The molecule has 0 saturated heterocycles. The number of nitrogens with zero attached hydrogens (tertiary/aromatic N) is 4. The molecule has 0 spiro atoms. The number of anilines is 2. The van der Waals surface area contributed by atoms with Gasteiger partial charge in [-0.25, -0.2) is 9.97 Å². The van der Waals surface area contributed by atoms with Gasteiger partial charge in [0.1, 0.15) is 17.7 Å². The zero-order valence-electron chi connectivity index (χ0n) is 18.7. The van der Waals surface area contributed by atoms with Crippen molar-refractivity contribution in [1.29, 1.82) is 0 Å². The molecular weight excluding hydrogens is 438 g/mol. The number of aromatic nitrogens is 4. The average molecular weight is 466 g/mol. The molecule has 2 amide bonds. The third kappa shape index (κ3) is 5.51. The Labute approximate surface area is 196 Å². The molecule has 1 aromatic carbocycles. The van der Waals surface area contributed by atoms with Crippen LogP contribution in [0, 0.1) is 0 Å². The van der Waals surface area contributed by atoms with Crippen LogP contribution < -0.4 is 15.5 Å². The number of aromatic amines is 1. The first-order chi connectivity index (χ1) is 16.0. The van der Waals surface area contributed by atoms with Crippen molar-refractivity contribution in [2.75, 3.05) is 29.6 Å². The minimum atomic E-state index is -0.701. The van der Waals surface area contributed by atoms with E-state index in [1.807, 2.05) is 36.4 Å². The molecule has 0 fully saturated rings. The zero-order valence-corrected chi connectivity index (χ0v) is 19.5. The second-order valence-corrected chi connectivity index (χ2v) is 8.88. The summed E-state index contributed by atoms with van der Waals surface area (Å²) in [6, 6.07) is 11.0.